The lowest BCUT2D eigenvalue weighted by molar-refractivity contribution is -0.215. The van der Waals surface area contributed by atoms with E-state index in [1.165, 1.54) is 24.3 Å². The molecule has 0 bridgehead atoms. The molecular weight excluding hydrogens is 308 g/mol. The normalized spacial score (nSPS) is 15.4. The number of alkyl halides is 4. The van der Waals surface area contributed by atoms with Crippen LogP contribution in [0.5, 0.6) is 0 Å². The van der Waals surface area contributed by atoms with Crippen molar-refractivity contribution < 1.29 is 40.1 Å². The summed E-state index contributed by atoms with van der Waals surface area (Å²) < 4.78 is 83.9. The van der Waals surface area contributed by atoms with Gasteiger partial charge in [0.25, 0.3) is 0 Å². The molecule has 1 aromatic carbocycles. The lowest BCUT2D eigenvalue weighted by Crippen LogP contribution is -2.54. The first-order chi connectivity index (χ1) is 9.00. The Balaban J connectivity index is 2.98. The molecule has 1 rings (SSSR count). The predicted octanol–water partition coefficient (Wildman–Crippen LogP) is 1.85. The first kappa shape index (κ1) is 16.4. The van der Waals surface area contributed by atoms with Gasteiger partial charge < -0.3 is 4.74 Å². The lowest BCUT2D eigenvalue weighted by Gasteiger charge is -2.22. The van der Waals surface area contributed by atoms with Gasteiger partial charge in [-0.2, -0.15) is 21.6 Å². The van der Waals surface area contributed by atoms with Crippen LogP contribution in [0.3, 0.4) is 0 Å². The van der Waals surface area contributed by atoms with Crippen LogP contribution in [0.15, 0.2) is 30.3 Å². The molecular formula is C10H8F4O5S. The molecule has 0 aliphatic carbocycles. The van der Waals surface area contributed by atoms with Crippen molar-refractivity contribution in [3.63, 3.8) is 0 Å². The molecule has 1 N–H and O–H groups in total. The number of carbonyl (C=O) groups is 1. The van der Waals surface area contributed by atoms with Gasteiger partial charge in [-0.15, -0.1) is 0 Å². The van der Waals surface area contributed by atoms with E-state index in [1.807, 2.05) is 0 Å². The van der Waals surface area contributed by atoms with Gasteiger partial charge in [0.2, 0.25) is 0 Å². The highest BCUT2D eigenvalue weighted by Crippen LogP contribution is 2.39. The van der Waals surface area contributed by atoms with E-state index in [1.54, 1.807) is 6.07 Å². The first-order valence-corrected chi connectivity index (χ1v) is 6.38. The fraction of sp³-hybridized carbons (Fsp3) is 0.300. The molecule has 0 saturated carbocycles. The third kappa shape index (κ3) is 3.07. The van der Waals surface area contributed by atoms with Gasteiger partial charge in [0.1, 0.15) is 6.61 Å². The van der Waals surface area contributed by atoms with E-state index in [2.05, 4.69) is 4.74 Å². The second-order valence-corrected chi connectivity index (χ2v) is 5.14. The molecule has 0 aliphatic heterocycles. The number of esters is 1. The molecule has 0 radical (unpaired) electrons. The Labute approximate surface area is 110 Å². The van der Waals surface area contributed by atoms with E-state index < -0.39 is 33.9 Å². The summed E-state index contributed by atoms with van der Waals surface area (Å²) in [7, 11) is -6.39. The fourth-order valence-electron chi connectivity index (χ4n) is 1.18. The van der Waals surface area contributed by atoms with E-state index in [9.17, 15) is 30.8 Å². The molecule has 0 aliphatic rings. The van der Waals surface area contributed by atoms with Gasteiger partial charge in [0.05, 0.1) is 0 Å². The van der Waals surface area contributed by atoms with Crippen molar-refractivity contribution in [1.82, 2.24) is 0 Å². The Morgan fingerprint density at radius 1 is 1.15 bits per heavy atom. The van der Waals surface area contributed by atoms with Crippen LogP contribution in [0.2, 0.25) is 0 Å². The molecule has 1 atom stereocenters. The van der Waals surface area contributed by atoms with Crippen molar-refractivity contribution in [3.8, 4) is 0 Å². The second-order valence-electron chi connectivity index (χ2n) is 3.63. The summed E-state index contributed by atoms with van der Waals surface area (Å²) >= 11 is 0. The first-order valence-electron chi connectivity index (χ1n) is 4.94. The standard InChI is InChI=1S/C10H8F4O5S/c11-9(10(12,13)14,20(16,17)18)8(15)19-6-7-4-2-1-3-5-7/h1-5H,6H2,(H,16,17,18). The number of hydrogen-bond acceptors (Lipinski definition) is 4. The van der Waals surface area contributed by atoms with Gasteiger partial charge in [-0.25, -0.2) is 9.18 Å². The number of carbonyl (C=O) groups excluding carboxylic acids is 1. The Morgan fingerprint density at radius 2 is 1.65 bits per heavy atom. The van der Waals surface area contributed by atoms with Crippen molar-refractivity contribution in [3.05, 3.63) is 35.9 Å². The maximum atomic E-state index is 13.5. The van der Waals surface area contributed by atoms with Crippen LogP contribution in [0.4, 0.5) is 17.6 Å². The molecule has 0 spiro atoms. The average Bonchev–Trinajstić information content (AvgIpc) is 2.33. The minimum absolute atomic E-state index is 0.209. The summed E-state index contributed by atoms with van der Waals surface area (Å²) in [6.07, 6.45) is -6.17. The van der Waals surface area contributed by atoms with Crippen LogP contribution in [0, 0.1) is 0 Å². The largest absolute Gasteiger partial charge is 0.457 e. The molecule has 1 unspecified atom stereocenters. The van der Waals surface area contributed by atoms with Gasteiger partial charge in [-0.05, 0) is 5.56 Å². The zero-order valence-electron chi connectivity index (χ0n) is 9.59. The van der Waals surface area contributed by atoms with Gasteiger partial charge in [-0.1, -0.05) is 30.3 Å². The maximum Gasteiger partial charge on any atom is 0.451 e. The zero-order chi connectivity index (χ0) is 15.6. The summed E-state index contributed by atoms with van der Waals surface area (Å²) in [5, 5.41) is -5.52. The second kappa shape index (κ2) is 5.37. The number of ether oxygens (including phenoxy) is 1. The molecule has 20 heavy (non-hydrogen) atoms. The van der Waals surface area contributed by atoms with E-state index >= 15 is 0 Å². The molecule has 0 fully saturated rings. The Bertz CT molecular complexity index is 583. The topological polar surface area (TPSA) is 80.7 Å². The quantitative estimate of drug-likeness (QED) is 0.521. The third-order valence-electron chi connectivity index (χ3n) is 2.20. The molecule has 10 heteroatoms. The lowest BCUT2D eigenvalue weighted by atomic mass is 10.2. The zero-order valence-corrected chi connectivity index (χ0v) is 10.4. The molecule has 0 heterocycles. The maximum absolute atomic E-state index is 13.5. The van der Waals surface area contributed by atoms with Gasteiger partial charge in [0.15, 0.2) is 0 Å². The van der Waals surface area contributed by atoms with Crippen LogP contribution in [0.1, 0.15) is 5.56 Å². The molecule has 0 saturated heterocycles. The highest BCUT2D eigenvalue weighted by molar-refractivity contribution is 7.88. The number of hydrogen-bond donors (Lipinski definition) is 1. The Hall–Kier alpha value is -1.68. The van der Waals surface area contributed by atoms with Crippen molar-refractivity contribution in [2.24, 2.45) is 0 Å². The van der Waals surface area contributed by atoms with E-state index in [-0.39, 0.29) is 5.56 Å². The molecule has 1 aromatic rings. The summed E-state index contributed by atoms with van der Waals surface area (Å²) in [6, 6.07) is 7.22. The summed E-state index contributed by atoms with van der Waals surface area (Å²) in [5.74, 6) is -2.75. The summed E-state index contributed by atoms with van der Waals surface area (Å²) in [6.45, 7) is -0.781. The molecule has 5 nitrogen and oxygen atoms in total. The van der Waals surface area contributed by atoms with E-state index in [0.717, 1.165) is 0 Å². The van der Waals surface area contributed by atoms with E-state index in [0.29, 0.717) is 0 Å². The van der Waals surface area contributed by atoms with E-state index in [4.69, 9.17) is 4.55 Å². The Morgan fingerprint density at radius 3 is 2.05 bits per heavy atom. The number of benzene rings is 1. The monoisotopic (exact) mass is 316 g/mol. The highest BCUT2D eigenvalue weighted by atomic mass is 32.2. The van der Waals surface area contributed by atoms with Crippen molar-refractivity contribution in [2.45, 2.75) is 17.8 Å². The van der Waals surface area contributed by atoms with Crippen LogP contribution < -0.4 is 0 Å². The Kier molecular flexibility index (Phi) is 4.39. The summed E-state index contributed by atoms with van der Waals surface area (Å²) in [5.41, 5.74) is 0.209. The highest BCUT2D eigenvalue weighted by Gasteiger charge is 2.72. The van der Waals surface area contributed by atoms with Crippen molar-refractivity contribution in [1.29, 1.82) is 0 Å². The number of halogens is 4. The SMILES string of the molecule is O=C(OCc1ccccc1)C(F)(C(F)(F)F)S(=O)(=O)O. The minimum atomic E-state index is -6.39. The number of rotatable bonds is 4. The van der Waals surface area contributed by atoms with Gasteiger partial charge >= 0.3 is 27.3 Å². The van der Waals surface area contributed by atoms with Crippen LogP contribution in [-0.2, 0) is 26.3 Å². The summed E-state index contributed by atoms with van der Waals surface area (Å²) in [4.78, 5) is 11.1. The average molecular weight is 316 g/mol. The van der Waals surface area contributed by atoms with Crippen molar-refractivity contribution >= 4 is 16.1 Å². The smallest absolute Gasteiger partial charge is 0.451 e. The van der Waals surface area contributed by atoms with Gasteiger partial charge in [0, 0.05) is 0 Å². The van der Waals surface area contributed by atoms with Gasteiger partial charge in [-0.3, -0.25) is 4.55 Å². The molecule has 0 amide bonds. The minimum Gasteiger partial charge on any atom is -0.457 e. The third-order valence-corrected chi connectivity index (χ3v) is 3.30. The molecule has 112 valence electrons. The van der Waals surface area contributed by atoms with Crippen LogP contribution in [0.25, 0.3) is 0 Å². The van der Waals surface area contributed by atoms with Crippen LogP contribution >= 0.6 is 0 Å². The molecule has 0 aromatic heterocycles. The van der Waals surface area contributed by atoms with Crippen molar-refractivity contribution in [2.75, 3.05) is 0 Å². The fourth-order valence-corrected chi connectivity index (χ4v) is 1.75. The van der Waals surface area contributed by atoms with Crippen LogP contribution in [-0.4, -0.2) is 30.1 Å². The predicted molar refractivity (Wildman–Crippen MR) is 57.7 cm³/mol.